The lowest BCUT2D eigenvalue weighted by Gasteiger charge is -2.21. The second-order valence-corrected chi connectivity index (χ2v) is 14.5. The van der Waals surface area contributed by atoms with Gasteiger partial charge in [0.2, 0.25) is 0 Å². The molecule has 0 aliphatic heterocycles. The molecule has 0 aliphatic carbocycles. The molecule has 0 heterocycles. The zero-order valence-electron chi connectivity index (χ0n) is 15.9. The molecule has 0 saturated heterocycles. The highest BCUT2D eigenvalue weighted by Crippen LogP contribution is 2.38. The molecule has 0 saturated carbocycles. The molecule has 0 spiro atoms. The first-order chi connectivity index (χ1) is 11.6. The van der Waals surface area contributed by atoms with E-state index in [1.54, 1.807) is 0 Å². The largest absolute Gasteiger partial charge is 0.365 e. The van der Waals surface area contributed by atoms with Gasteiger partial charge in [-0.05, 0) is 71.7 Å². The summed E-state index contributed by atoms with van der Waals surface area (Å²) in [5, 5.41) is 7.47. The Morgan fingerprint density at radius 1 is 1.08 bits per heavy atom. The molecule has 2 aromatic carbocycles. The summed E-state index contributed by atoms with van der Waals surface area (Å²) >= 11 is 9.22. The van der Waals surface area contributed by atoms with E-state index in [1.807, 2.05) is 6.07 Å². The normalized spacial score (nSPS) is 11.3. The molecule has 5 heteroatoms. The Balaban J connectivity index is 2.40. The molecule has 0 fully saturated rings. The summed E-state index contributed by atoms with van der Waals surface area (Å²) in [6, 6.07) is 10.7. The molecule has 25 heavy (non-hydrogen) atoms. The number of halogens is 1. The fourth-order valence-corrected chi connectivity index (χ4v) is 4.44. The number of benzene rings is 2. The quantitative estimate of drug-likeness (QED) is 0.441. The van der Waals surface area contributed by atoms with E-state index in [1.165, 1.54) is 27.8 Å². The van der Waals surface area contributed by atoms with Crippen molar-refractivity contribution in [3.63, 3.8) is 0 Å². The predicted octanol–water partition coefficient (Wildman–Crippen LogP) is 6.21. The lowest BCUT2D eigenvalue weighted by atomic mass is 9.93. The number of hydrogen-bond donors (Lipinski definition) is 2. The van der Waals surface area contributed by atoms with Gasteiger partial charge in [-0.2, -0.15) is 0 Å². The van der Waals surface area contributed by atoms with Crippen LogP contribution in [0, 0.1) is 20.8 Å². The van der Waals surface area contributed by atoms with Gasteiger partial charge < -0.3 is 10.6 Å². The van der Waals surface area contributed by atoms with Crippen LogP contribution in [0.3, 0.4) is 0 Å². The van der Waals surface area contributed by atoms with Crippen LogP contribution in [0.2, 0.25) is 19.6 Å². The molecule has 0 amide bonds. The summed E-state index contributed by atoms with van der Waals surface area (Å²) in [6.07, 6.45) is 0.960. The van der Waals surface area contributed by atoms with Crippen molar-refractivity contribution in [2.45, 2.75) is 40.4 Å². The first-order valence-electron chi connectivity index (χ1n) is 8.50. The van der Waals surface area contributed by atoms with Gasteiger partial charge in [0.25, 0.3) is 0 Å². The summed E-state index contributed by atoms with van der Waals surface area (Å²) in [4.78, 5) is 0. The highest BCUT2D eigenvalue weighted by atomic mass is 79.9. The molecule has 2 N–H and O–H groups in total. The molecular weight excluding hydrogens is 408 g/mol. The van der Waals surface area contributed by atoms with Crippen molar-refractivity contribution in [3.8, 4) is 11.1 Å². The van der Waals surface area contributed by atoms with Crippen LogP contribution in [0.25, 0.3) is 11.1 Å². The van der Waals surface area contributed by atoms with Crippen molar-refractivity contribution < 1.29 is 0 Å². The molecule has 134 valence electrons. The van der Waals surface area contributed by atoms with Crippen molar-refractivity contribution in [2.75, 3.05) is 11.5 Å². The minimum Gasteiger partial charge on any atom is -0.365 e. The van der Waals surface area contributed by atoms with E-state index >= 15 is 0 Å². The Hall–Kier alpha value is -1.17. The second-order valence-electron chi connectivity index (χ2n) is 7.80. The second kappa shape index (κ2) is 8.02. The van der Waals surface area contributed by atoms with E-state index in [0.717, 1.165) is 16.3 Å². The lowest BCUT2D eigenvalue weighted by molar-refractivity contribution is 1.09. The summed E-state index contributed by atoms with van der Waals surface area (Å²) in [5.74, 6) is 0. The van der Waals surface area contributed by atoms with Gasteiger partial charge in [0.1, 0.15) is 0 Å². The Morgan fingerprint density at radius 3 is 2.24 bits per heavy atom. The van der Waals surface area contributed by atoms with Gasteiger partial charge in [0.15, 0.2) is 5.11 Å². The first-order valence-corrected chi connectivity index (χ1v) is 13.4. The van der Waals surface area contributed by atoms with Crippen LogP contribution in [0.15, 0.2) is 34.8 Å². The van der Waals surface area contributed by atoms with Gasteiger partial charge in [-0.15, -0.1) is 0 Å². The van der Waals surface area contributed by atoms with Gasteiger partial charge in [-0.1, -0.05) is 49.5 Å². The van der Waals surface area contributed by atoms with E-state index in [2.05, 4.69) is 91.2 Å². The molecule has 0 atom stereocenters. The minimum absolute atomic E-state index is 0.679. The summed E-state index contributed by atoms with van der Waals surface area (Å²) < 4.78 is 1.02. The Bertz CT molecular complexity index is 774. The maximum atomic E-state index is 5.54. The van der Waals surface area contributed by atoms with Crippen LogP contribution in [0.1, 0.15) is 16.7 Å². The van der Waals surface area contributed by atoms with Crippen LogP contribution in [-0.2, 0) is 0 Å². The highest BCUT2D eigenvalue weighted by Gasteiger charge is 2.16. The lowest BCUT2D eigenvalue weighted by Crippen LogP contribution is -2.41. The zero-order valence-corrected chi connectivity index (χ0v) is 19.3. The number of para-hydroxylation sites is 1. The summed E-state index contributed by atoms with van der Waals surface area (Å²) in [7, 11) is -1.20. The average Bonchev–Trinajstić information content (AvgIpc) is 2.46. The minimum atomic E-state index is -1.20. The molecule has 2 aromatic rings. The van der Waals surface area contributed by atoms with Crippen LogP contribution >= 0.6 is 28.1 Å². The third-order valence-electron chi connectivity index (χ3n) is 3.98. The number of thiocarbonyl (C=S) groups is 1. The average molecular weight is 436 g/mol. The third-order valence-corrected chi connectivity index (χ3v) is 6.12. The maximum Gasteiger partial charge on any atom is 0.170 e. The molecule has 0 aromatic heterocycles. The van der Waals surface area contributed by atoms with E-state index in [-0.39, 0.29) is 0 Å². The molecule has 0 bridgehead atoms. The van der Waals surface area contributed by atoms with E-state index in [4.69, 9.17) is 12.2 Å². The van der Waals surface area contributed by atoms with Gasteiger partial charge in [0, 0.05) is 16.2 Å². The van der Waals surface area contributed by atoms with Crippen LogP contribution in [-0.4, -0.2) is 19.4 Å². The monoisotopic (exact) mass is 434 g/mol. The summed E-state index contributed by atoms with van der Waals surface area (Å²) in [5.41, 5.74) is 7.30. The van der Waals surface area contributed by atoms with Crippen molar-refractivity contribution in [2.24, 2.45) is 0 Å². The van der Waals surface area contributed by atoms with Crippen LogP contribution in [0.5, 0.6) is 0 Å². The number of nitrogens with one attached hydrogen (secondary N) is 2. The first kappa shape index (κ1) is 20.1. The van der Waals surface area contributed by atoms with E-state index in [9.17, 15) is 0 Å². The number of rotatable bonds is 4. The van der Waals surface area contributed by atoms with E-state index < -0.39 is 8.07 Å². The van der Waals surface area contributed by atoms with Gasteiger partial charge >= 0.3 is 0 Å². The molecule has 2 rings (SSSR count). The Labute approximate surface area is 166 Å². The highest BCUT2D eigenvalue weighted by molar-refractivity contribution is 9.10. The van der Waals surface area contributed by atoms with Crippen molar-refractivity contribution in [1.29, 1.82) is 0 Å². The van der Waals surface area contributed by atoms with Gasteiger partial charge in [-0.3, -0.25) is 0 Å². The van der Waals surface area contributed by atoms with Crippen molar-refractivity contribution in [1.82, 2.24) is 5.32 Å². The SMILES string of the molecule is Cc1cc(C)c(-c2cccc(Br)c2NC(=S)NC[Si](C)(C)C)c(C)c1. The molecule has 0 unspecified atom stereocenters. The van der Waals surface area contributed by atoms with Gasteiger partial charge in [-0.25, -0.2) is 0 Å². The fourth-order valence-electron chi connectivity index (χ4n) is 2.97. The van der Waals surface area contributed by atoms with Crippen molar-refractivity contribution >= 4 is 47.0 Å². The van der Waals surface area contributed by atoms with Crippen LogP contribution < -0.4 is 10.6 Å². The third kappa shape index (κ3) is 5.40. The molecule has 2 nitrogen and oxygen atoms in total. The number of aryl methyl sites for hydroxylation is 3. The van der Waals surface area contributed by atoms with E-state index in [0.29, 0.717) is 5.11 Å². The maximum absolute atomic E-state index is 5.54. The topological polar surface area (TPSA) is 24.1 Å². The Morgan fingerprint density at radius 2 is 1.68 bits per heavy atom. The molecule has 0 radical (unpaired) electrons. The molecular formula is C20H27BrN2SSi. The number of anilines is 1. The molecule has 0 aliphatic rings. The predicted molar refractivity (Wildman–Crippen MR) is 121 cm³/mol. The van der Waals surface area contributed by atoms with Crippen molar-refractivity contribution in [3.05, 3.63) is 51.5 Å². The van der Waals surface area contributed by atoms with Crippen LogP contribution in [0.4, 0.5) is 5.69 Å². The summed E-state index contributed by atoms with van der Waals surface area (Å²) in [6.45, 7) is 13.4. The smallest absolute Gasteiger partial charge is 0.170 e. The van der Waals surface area contributed by atoms with Gasteiger partial charge in [0.05, 0.1) is 13.8 Å². The zero-order chi connectivity index (χ0) is 18.8. The fraction of sp³-hybridized carbons (Fsp3) is 0.350. The number of hydrogen-bond acceptors (Lipinski definition) is 1. The standard InChI is InChI=1S/C20H27BrN2SSi/c1-13-10-14(2)18(15(3)11-13)16-8-7-9-17(21)19(16)23-20(24)22-12-25(4,5)6/h7-11H,12H2,1-6H3,(H2,22,23,24). The Kier molecular flexibility index (Phi) is 6.46.